The van der Waals surface area contributed by atoms with Crippen molar-refractivity contribution < 1.29 is 9.13 Å². The second-order valence-corrected chi connectivity index (χ2v) is 5.92. The first-order valence-corrected chi connectivity index (χ1v) is 7.47. The Morgan fingerprint density at radius 3 is 2.80 bits per heavy atom. The summed E-state index contributed by atoms with van der Waals surface area (Å²) in [4.78, 5) is 4.55. The average molecular weight is 297 g/mol. The molecule has 0 unspecified atom stereocenters. The molecule has 0 amide bonds. The molecule has 2 aromatic rings. The summed E-state index contributed by atoms with van der Waals surface area (Å²) in [6, 6.07) is 3.64. The highest BCUT2D eigenvalue weighted by Gasteiger charge is 2.30. The summed E-state index contributed by atoms with van der Waals surface area (Å²) >= 11 is 5.87. The van der Waals surface area contributed by atoms with E-state index in [1.54, 1.807) is 6.07 Å². The molecule has 3 rings (SSSR count). The third-order valence-electron chi connectivity index (χ3n) is 4.07. The second-order valence-electron chi connectivity index (χ2n) is 5.54. The van der Waals surface area contributed by atoms with Gasteiger partial charge in [0.1, 0.15) is 5.82 Å². The molecule has 0 radical (unpaired) electrons. The molecule has 1 aliphatic carbocycles. The van der Waals surface area contributed by atoms with E-state index < -0.39 is 0 Å². The lowest BCUT2D eigenvalue weighted by Gasteiger charge is -2.35. The van der Waals surface area contributed by atoms with Crippen LogP contribution in [0.5, 0.6) is 5.75 Å². The summed E-state index contributed by atoms with van der Waals surface area (Å²) in [6.07, 6.45) is 2.98. The van der Waals surface area contributed by atoms with E-state index in [0.717, 1.165) is 30.1 Å². The molecule has 1 saturated carbocycles. The van der Waals surface area contributed by atoms with Gasteiger partial charge < -0.3 is 9.30 Å². The van der Waals surface area contributed by atoms with Gasteiger partial charge in [-0.25, -0.2) is 9.37 Å². The first-order chi connectivity index (χ1) is 9.63. The van der Waals surface area contributed by atoms with E-state index in [1.807, 2.05) is 0 Å². The van der Waals surface area contributed by atoms with Crippen LogP contribution in [0.4, 0.5) is 4.39 Å². The summed E-state index contributed by atoms with van der Waals surface area (Å²) in [5, 5.41) is 0. The van der Waals surface area contributed by atoms with Crippen LogP contribution in [0, 0.1) is 11.7 Å². The largest absolute Gasteiger partial charge is 0.494 e. The van der Waals surface area contributed by atoms with Crippen LogP contribution >= 0.6 is 11.6 Å². The molecule has 3 nitrogen and oxygen atoms in total. The SMILES string of the molecule is COc1cc2c(cc1F)nc(CCCl)n2C1CC(C)C1. The van der Waals surface area contributed by atoms with Crippen LogP contribution in [0.25, 0.3) is 11.0 Å². The Labute approximate surface area is 122 Å². The van der Waals surface area contributed by atoms with E-state index in [1.165, 1.54) is 13.2 Å². The van der Waals surface area contributed by atoms with Gasteiger partial charge in [-0.15, -0.1) is 11.6 Å². The van der Waals surface area contributed by atoms with Gasteiger partial charge in [0.15, 0.2) is 11.6 Å². The van der Waals surface area contributed by atoms with Gasteiger partial charge in [-0.2, -0.15) is 0 Å². The number of aryl methyl sites for hydroxylation is 1. The standard InChI is InChI=1S/C15H18ClFN2O/c1-9-5-10(6-9)19-13-8-14(20-2)11(17)7-12(13)18-15(19)3-4-16/h7-10H,3-6H2,1-2H3. The maximum atomic E-state index is 13.8. The summed E-state index contributed by atoms with van der Waals surface area (Å²) < 4.78 is 21.1. The number of halogens is 2. The van der Waals surface area contributed by atoms with Crippen LogP contribution in [0.2, 0.25) is 0 Å². The first kappa shape index (κ1) is 13.7. The van der Waals surface area contributed by atoms with E-state index in [2.05, 4.69) is 16.5 Å². The normalized spacial score (nSPS) is 22.0. The predicted molar refractivity (Wildman–Crippen MR) is 78.1 cm³/mol. The number of hydrogen-bond acceptors (Lipinski definition) is 2. The molecule has 1 aromatic heterocycles. The molecule has 0 bridgehead atoms. The molecule has 20 heavy (non-hydrogen) atoms. The number of benzene rings is 1. The number of rotatable bonds is 4. The van der Waals surface area contributed by atoms with Gasteiger partial charge in [0.2, 0.25) is 0 Å². The lowest BCUT2D eigenvalue weighted by atomic mass is 9.81. The number of imidazole rings is 1. The van der Waals surface area contributed by atoms with Crippen LogP contribution < -0.4 is 4.74 Å². The molecule has 0 aliphatic heterocycles. The summed E-state index contributed by atoms with van der Waals surface area (Å²) in [7, 11) is 1.48. The number of alkyl halides is 1. The fraction of sp³-hybridized carbons (Fsp3) is 0.533. The molecule has 1 heterocycles. The minimum atomic E-state index is -0.371. The molecular weight excluding hydrogens is 279 g/mol. The Morgan fingerprint density at radius 2 is 2.20 bits per heavy atom. The third kappa shape index (κ3) is 2.16. The number of aromatic nitrogens is 2. The molecule has 1 aromatic carbocycles. The van der Waals surface area contributed by atoms with Crippen LogP contribution in [0.15, 0.2) is 12.1 Å². The molecule has 5 heteroatoms. The van der Waals surface area contributed by atoms with Crippen molar-refractivity contribution in [2.75, 3.05) is 13.0 Å². The topological polar surface area (TPSA) is 27.1 Å². The Hall–Kier alpha value is -1.29. The van der Waals surface area contributed by atoms with Crippen molar-refractivity contribution in [3.63, 3.8) is 0 Å². The molecule has 0 atom stereocenters. The number of hydrogen-bond donors (Lipinski definition) is 0. The van der Waals surface area contributed by atoms with Crippen molar-refractivity contribution in [3.8, 4) is 5.75 Å². The lowest BCUT2D eigenvalue weighted by molar-refractivity contribution is 0.216. The van der Waals surface area contributed by atoms with Gasteiger partial charge in [-0.1, -0.05) is 6.92 Å². The van der Waals surface area contributed by atoms with Crippen LogP contribution in [-0.2, 0) is 6.42 Å². The minimum Gasteiger partial charge on any atom is -0.494 e. The number of ether oxygens (including phenoxy) is 1. The summed E-state index contributed by atoms with van der Waals surface area (Å²) in [5.74, 6) is 2.10. The highest BCUT2D eigenvalue weighted by molar-refractivity contribution is 6.17. The summed E-state index contributed by atoms with van der Waals surface area (Å²) in [6.45, 7) is 2.25. The van der Waals surface area contributed by atoms with E-state index in [4.69, 9.17) is 16.3 Å². The van der Waals surface area contributed by atoms with Crippen LogP contribution in [0.3, 0.4) is 0 Å². The van der Waals surface area contributed by atoms with Crippen molar-refractivity contribution >= 4 is 22.6 Å². The highest BCUT2D eigenvalue weighted by atomic mass is 35.5. The Kier molecular flexibility index (Phi) is 3.59. The van der Waals surface area contributed by atoms with Gasteiger partial charge in [0.05, 0.1) is 18.1 Å². The van der Waals surface area contributed by atoms with Gasteiger partial charge in [-0.05, 0) is 18.8 Å². The zero-order chi connectivity index (χ0) is 14.3. The zero-order valence-corrected chi connectivity index (χ0v) is 12.5. The molecule has 1 fully saturated rings. The van der Waals surface area contributed by atoms with Crippen molar-refractivity contribution in [2.24, 2.45) is 5.92 Å². The van der Waals surface area contributed by atoms with E-state index in [0.29, 0.717) is 23.9 Å². The third-order valence-corrected chi connectivity index (χ3v) is 4.26. The van der Waals surface area contributed by atoms with E-state index in [9.17, 15) is 4.39 Å². The molecule has 1 aliphatic rings. The van der Waals surface area contributed by atoms with Crippen LogP contribution in [-0.4, -0.2) is 22.5 Å². The Bertz CT molecular complexity index is 634. The second kappa shape index (κ2) is 5.24. The molecule has 0 spiro atoms. The molecular formula is C15H18ClFN2O. The maximum absolute atomic E-state index is 13.8. The number of nitrogens with zero attached hydrogens (tertiary/aromatic N) is 2. The highest BCUT2D eigenvalue weighted by Crippen LogP contribution is 2.40. The smallest absolute Gasteiger partial charge is 0.167 e. The minimum absolute atomic E-state index is 0.267. The van der Waals surface area contributed by atoms with Crippen molar-refractivity contribution in [2.45, 2.75) is 32.2 Å². The first-order valence-electron chi connectivity index (χ1n) is 6.94. The molecule has 0 saturated heterocycles. The monoisotopic (exact) mass is 296 g/mol. The fourth-order valence-electron chi connectivity index (χ4n) is 3.04. The Morgan fingerprint density at radius 1 is 1.45 bits per heavy atom. The van der Waals surface area contributed by atoms with E-state index >= 15 is 0 Å². The summed E-state index contributed by atoms with van der Waals surface area (Å²) in [5.41, 5.74) is 1.63. The predicted octanol–water partition coefficient (Wildman–Crippen LogP) is 3.94. The number of methoxy groups -OCH3 is 1. The zero-order valence-electron chi connectivity index (χ0n) is 11.7. The van der Waals surface area contributed by atoms with Crippen molar-refractivity contribution in [1.82, 2.24) is 9.55 Å². The molecule has 108 valence electrons. The van der Waals surface area contributed by atoms with Crippen molar-refractivity contribution in [3.05, 3.63) is 23.8 Å². The fourth-order valence-corrected chi connectivity index (χ4v) is 3.21. The van der Waals surface area contributed by atoms with Gasteiger partial charge in [0.25, 0.3) is 0 Å². The lowest BCUT2D eigenvalue weighted by Crippen LogP contribution is -2.26. The van der Waals surface area contributed by atoms with Gasteiger partial charge >= 0.3 is 0 Å². The van der Waals surface area contributed by atoms with Gasteiger partial charge in [0, 0.05) is 30.5 Å². The molecule has 0 N–H and O–H groups in total. The Balaban J connectivity index is 2.14. The number of fused-ring (bicyclic) bond motifs is 1. The van der Waals surface area contributed by atoms with E-state index in [-0.39, 0.29) is 11.6 Å². The van der Waals surface area contributed by atoms with Gasteiger partial charge in [-0.3, -0.25) is 0 Å². The quantitative estimate of drug-likeness (QED) is 0.799. The van der Waals surface area contributed by atoms with Crippen LogP contribution in [0.1, 0.15) is 31.6 Å². The maximum Gasteiger partial charge on any atom is 0.167 e. The average Bonchev–Trinajstić information content (AvgIpc) is 2.71. The van der Waals surface area contributed by atoms with Crippen molar-refractivity contribution in [1.29, 1.82) is 0 Å².